The first-order chi connectivity index (χ1) is 8.06. The quantitative estimate of drug-likeness (QED) is 0.620. The van der Waals surface area contributed by atoms with Gasteiger partial charge in [-0.1, -0.05) is 23.2 Å². The Kier molecular flexibility index (Phi) is 5.89. The third-order valence-corrected chi connectivity index (χ3v) is 3.35. The minimum absolute atomic E-state index is 0.249. The van der Waals surface area contributed by atoms with Crippen LogP contribution in [-0.2, 0) is 0 Å². The molecule has 1 rings (SSSR count). The number of nitrogens with zero attached hydrogens (tertiary/aromatic N) is 1. The molecule has 0 saturated heterocycles. The maximum Gasteiger partial charge on any atom is 0.0614 e. The lowest BCUT2D eigenvalue weighted by atomic mass is 10.2. The molecule has 96 valence electrons. The van der Waals surface area contributed by atoms with Crippen molar-refractivity contribution >= 4 is 34.6 Å². The minimum Gasteiger partial charge on any atom is -0.397 e. The van der Waals surface area contributed by atoms with Gasteiger partial charge in [-0.3, -0.25) is 0 Å². The normalized spacial score (nSPS) is 10.6. The number of hydrogen-bond acceptors (Lipinski definition) is 3. The van der Waals surface area contributed by atoms with Crippen LogP contribution in [0.25, 0.3) is 0 Å². The number of anilines is 2. The lowest BCUT2D eigenvalue weighted by Crippen LogP contribution is -2.19. The minimum atomic E-state index is 0.249. The van der Waals surface area contributed by atoms with Gasteiger partial charge >= 0.3 is 0 Å². The molecule has 0 atom stereocenters. The van der Waals surface area contributed by atoms with Crippen LogP contribution in [0.3, 0.4) is 0 Å². The summed E-state index contributed by atoms with van der Waals surface area (Å²) in [5.41, 5.74) is 7.42. The van der Waals surface area contributed by atoms with Crippen molar-refractivity contribution in [2.45, 2.75) is 19.3 Å². The Balaban J connectivity index is 2.62. The molecule has 0 spiro atoms. The molecule has 0 bridgehead atoms. The van der Waals surface area contributed by atoms with Crippen LogP contribution in [0.15, 0.2) is 12.1 Å². The van der Waals surface area contributed by atoms with Gasteiger partial charge < -0.3 is 15.7 Å². The fourth-order valence-electron chi connectivity index (χ4n) is 1.64. The molecule has 17 heavy (non-hydrogen) atoms. The Morgan fingerprint density at radius 1 is 1.18 bits per heavy atom. The van der Waals surface area contributed by atoms with E-state index in [1.54, 1.807) is 12.1 Å². The van der Waals surface area contributed by atoms with E-state index in [0.29, 0.717) is 15.7 Å². The predicted octanol–water partition coefficient (Wildman–Crippen LogP) is 3.17. The van der Waals surface area contributed by atoms with Gasteiger partial charge in [0.15, 0.2) is 0 Å². The maximum atomic E-state index is 8.69. The van der Waals surface area contributed by atoms with Crippen molar-refractivity contribution in [1.82, 2.24) is 0 Å². The summed E-state index contributed by atoms with van der Waals surface area (Å²) in [5.74, 6) is 0. The summed E-state index contributed by atoms with van der Waals surface area (Å²) in [6, 6.07) is 3.45. The van der Waals surface area contributed by atoms with E-state index in [2.05, 4.69) is 4.90 Å². The average molecular weight is 277 g/mol. The molecular formula is C12H18Cl2N2O. The average Bonchev–Trinajstić information content (AvgIpc) is 2.29. The number of benzene rings is 1. The summed E-state index contributed by atoms with van der Waals surface area (Å²) in [4.78, 5) is 2.05. The van der Waals surface area contributed by atoms with Gasteiger partial charge in [0.1, 0.15) is 0 Å². The summed E-state index contributed by atoms with van der Waals surface area (Å²) in [6.45, 7) is 1.13. The van der Waals surface area contributed by atoms with Crippen LogP contribution in [-0.4, -0.2) is 25.3 Å². The molecule has 1 aromatic carbocycles. The molecule has 0 aromatic heterocycles. The zero-order valence-electron chi connectivity index (χ0n) is 9.92. The molecule has 3 nitrogen and oxygen atoms in total. The summed E-state index contributed by atoms with van der Waals surface area (Å²) in [6.07, 6.45) is 2.85. The molecule has 3 N–H and O–H groups in total. The smallest absolute Gasteiger partial charge is 0.0614 e. The monoisotopic (exact) mass is 276 g/mol. The highest BCUT2D eigenvalue weighted by atomic mass is 35.5. The van der Waals surface area contributed by atoms with Crippen molar-refractivity contribution in [3.05, 3.63) is 22.2 Å². The van der Waals surface area contributed by atoms with Crippen LogP contribution < -0.4 is 10.6 Å². The predicted molar refractivity (Wildman–Crippen MR) is 75.1 cm³/mol. The first-order valence-electron chi connectivity index (χ1n) is 5.62. The van der Waals surface area contributed by atoms with Gasteiger partial charge in [-0.15, -0.1) is 0 Å². The van der Waals surface area contributed by atoms with Crippen LogP contribution in [0.1, 0.15) is 19.3 Å². The van der Waals surface area contributed by atoms with Gasteiger partial charge in [-0.25, -0.2) is 0 Å². The van der Waals surface area contributed by atoms with Crippen LogP contribution in [0.4, 0.5) is 11.4 Å². The molecule has 0 fully saturated rings. The number of nitrogens with two attached hydrogens (primary N) is 1. The van der Waals surface area contributed by atoms with Crippen molar-refractivity contribution in [2.24, 2.45) is 0 Å². The van der Waals surface area contributed by atoms with Gasteiger partial charge in [0, 0.05) is 20.2 Å². The van der Waals surface area contributed by atoms with Crippen LogP contribution >= 0.6 is 23.2 Å². The van der Waals surface area contributed by atoms with Gasteiger partial charge in [-0.05, 0) is 31.4 Å². The van der Waals surface area contributed by atoms with E-state index in [1.807, 2.05) is 7.05 Å². The zero-order chi connectivity index (χ0) is 12.8. The molecule has 5 heteroatoms. The molecule has 0 aliphatic heterocycles. The Labute approximate surface area is 112 Å². The molecule has 0 aliphatic carbocycles. The number of aliphatic hydroxyl groups is 1. The van der Waals surface area contributed by atoms with Gasteiger partial charge in [0.2, 0.25) is 0 Å². The highest BCUT2D eigenvalue weighted by molar-refractivity contribution is 6.42. The summed E-state index contributed by atoms with van der Waals surface area (Å²) in [5, 5.41) is 9.68. The fourth-order valence-corrected chi connectivity index (χ4v) is 1.97. The van der Waals surface area contributed by atoms with E-state index < -0.39 is 0 Å². The van der Waals surface area contributed by atoms with E-state index in [9.17, 15) is 0 Å². The van der Waals surface area contributed by atoms with E-state index in [0.717, 1.165) is 31.5 Å². The van der Waals surface area contributed by atoms with Crippen molar-refractivity contribution in [3.8, 4) is 0 Å². The molecule has 1 aromatic rings. The number of halogens is 2. The second-order valence-electron chi connectivity index (χ2n) is 4.03. The largest absolute Gasteiger partial charge is 0.397 e. The highest BCUT2D eigenvalue weighted by Crippen LogP contribution is 2.32. The Bertz CT molecular complexity index is 372. The first-order valence-corrected chi connectivity index (χ1v) is 6.38. The van der Waals surface area contributed by atoms with E-state index >= 15 is 0 Å². The third-order valence-electron chi connectivity index (χ3n) is 2.63. The lowest BCUT2D eigenvalue weighted by Gasteiger charge is -2.21. The second kappa shape index (κ2) is 6.94. The molecule has 0 aliphatic rings. The Morgan fingerprint density at radius 3 is 2.47 bits per heavy atom. The van der Waals surface area contributed by atoms with Crippen LogP contribution in [0.2, 0.25) is 10.0 Å². The van der Waals surface area contributed by atoms with Crippen molar-refractivity contribution in [2.75, 3.05) is 30.8 Å². The molecule has 0 saturated carbocycles. The van der Waals surface area contributed by atoms with Crippen LogP contribution in [0.5, 0.6) is 0 Å². The topological polar surface area (TPSA) is 49.5 Å². The van der Waals surface area contributed by atoms with Crippen molar-refractivity contribution in [3.63, 3.8) is 0 Å². The van der Waals surface area contributed by atoms with E-state index in [4.69, 9.17) is 34.0 Å². The standard InChI is InChI=1S/C12H18Cl2N2O/c1-16(5-3-2-4-6-17)12-8-10(14)9(13)7-11(12)15/h7-8,17H,2-6,15H2,1H3. The number of aliphatic hydroxyl groups excluding tert-OH is 1. The first kappa shape index (κ1) is 14.4. The number of nitrogen functional groups attached to an aromatic ring is 1. The molecule has 0 unspecified atom stereocenters. The molecular weight excluding hydrogens is 259 g/mol. The summed E-state index contributed by atoms with van der Waals surface area (Å²) >= 11 is 11.8. The van der Waals surface area contributed by atoms with Crippen LogP contribution in [0, 0.1) is 0 Å². The van der Waals surface area contributed by atoms with E-state index in [-0.39, 0.29) is 6.61 Å². The molecule has 0 radical (unpaired) electrons. The molecule has 0 heterocycles. The van der Waals surface area contributed by atoms with Crippen molar-refractivity contribution < 1.29 is 5.11 Å². The Morgan fingerprint density at radius 2 is 1.82 bits per heavy atom. The number of rotatable bonds is 6. The van der Waals surface area contributed by atoms with E-state index in [1.165, 1.54) is 0 Å². The van der Waals surface area contributed by atoms with Gasteiger partial charge in [0.25, 0.3) is 0 Å². The lowest BCUT2D eigenvalue weighted by molar-refractivity contribution is 0.283. The van der Waals surface area contributed by atoms with Gasteiger partial charge in [-0.2, -0.15) is 0 Å². The summed E-state index contributed by atoms with van der Waals surface area (Å²) in [7, 11) is 1.97. The number of unbranched alkanes of at least 4 members (excludes halogenated alkanes) is 2. The van der Waals surface area contributed by atoms with Gasteiger partial charge in [0.05, 0.1) is 21.4 Å². The highest BCUT2D eigenvalue weighted by Gasteiger charge is 2.08. The zero-order valence-corrected chi connectivity index (χ0v) is 11.4. The maximum absolute atomic E-state index is 8.69. The number of hydrogen-bond donors (Lipinski definition) is 2. The Hall–Kier alpha value is -0.640. The van der Waals surface area contributed by atoms with Crippen molar-refractivity contribution in [1.29, 1.82) is 0 Å². The fraction of sp³-hybridized carbons (Fsp3) is 0.500. The molecule has 0 amide bonds. The summed E-state index contributed by atoms with van der Waals surface area (Å²) < 4.78 is 0. The third kappa shape index (κ3) is 4.26. The second-order valence-corrected chi connectivity index (χ2v) is 4.85. The SMILES string of the molecule is CN(CCCCCO)c1cc(Cl)c(Cl)cc1N.